The van der Waals surface area contributed by atoms with Crippen LogP contribution in [0.3, 0.4) is 0 Å². The van der Waals surface area contributed by atoms with E-state index in [0.717, 1.165) is 47.1 Å². The van der Waals surface area contributed by atoms with Crippen molar-refractivity contribution >= 4 is 22.8 Å². The second-order valence-corrected chi connectivity index (χ2v) is 8.15. The van der Waals surface area contributed by atoms with E-state index in [-0.39, 0.29) is 17.9 Å². The fourth-order valence-corrected chi connectivity index (χ4v) is 4.47. The number of nitrogens with zero attached hydrogens (tertiary/aromatic N) is 3. The average molecular weight is 419 g/mol. The highest BCUT2D eigenvalue weighted by molar-refractivity contribution is 5.97. The lowest BCUT2D eigenvalue weighted by molar-refractivity contribution is -0.141. The van der Waals surface area contributed by atoms with Crippen LogP contribution in [-0.2, 0) is 29.0 Å². The number of rotatable bonds is 4. The Balaban J connectivity index is 1.30. The van der Waals surface area contributed by atoms with Crippen LogP contribution in [-0.4, -0.2) is 50.9 Å². The molecule has 2 aliphatic rings. The van der Waals surface area contributed by atoms with Gasteiger partial charge in [-0.15, -0.1) is 0 Å². The molecule has 5 rings (SSSR count). The third kappa shape index (κ3) is 3.79. The molecule has 1 fully saturated rings. The maximum absolute atomic E-state index is 12.7. The topological polar surface area (TPSA) is 100 Å². The van der Waals surface area contributed by atoms with Gasteiger partial charge in [-0.05, 0) is 61.1 Å². The molecule has 160 valence electrons. The quantitative estimate of drug-likeness (QED) is 0.676. The molecule has 1 aromatic carbocycles. The summed E-state index contributed by atoms with van der Waals surface area (Å²) in [5, 5.41) is 3.03. The van der Waals surface area contributed by atoms with Crippen molar-refractivity contribution in [2.45, 2.75) is 45.4 Å². The van der Waals surface area contributed by atoms with E-state index in [4.69, 9.17) is 4.74 Å². The van der Waals surface area contributed by atoms with Gasteiger partial charge in [0.1, 0.15) is 6.10 Å². The van der Waals surface area contributed by atoms with Crippen molar-refractivity contribution < 1.29 is 14.3 Å². The monoisotopic (exact) mass is 419 g/mol. The summed E-state index contributed by atoms with van der Waals surface area (Å²) in [6.45, 7) is 4.23. The van der Waals surface area contributed by atoms with Crippen LogP contribution in [0, 0.1) is 6.92 Å². The second-order valence-electron chi connectivity index (χ2n) is 8.15. The normalized spacial score (nSPS) is 18.2. The highest BCUT2D eigenvalue weighted by atomic mass is 16.5. The van der Waals surface area contributed by atoms with Crippen molar-refractivity contribution in [2.75, 3.05) is 13.2 Å². The average Bonchev–Trinajstić information content (AvgIpc) is 3.49. The number of hydrogen-bond donors (Lipinski definition) is 2. The molecule has 2 aliphatic heterocycles. The smallest absolute Gasteiger partial charge is 0.252 e. The van der Waals surface area contributed by atoms with Gasteiger partial charge in [-0.3, -0.25) is 14.6 Å². The molecule has 0 spiro atoms. The van der Waals surface area contributed by atoms with E-state index < -0.39 is 0 Å². The lowest BCUT2D eigenvalue weighted by atomic mass is 9.94. The molecule has 1 atom stereocenters. The first kappa shape index (κ1) is 19.7. The van der Waals surface area contributed by atoms with Crippen LogP contribution in [0.2, 0.25) is 0 Å². The van der Waals surface area contributed by atoms with E-state index in [9.17, 15) is 9.59 Å². The summed E-state index contributed by atoms with van der Waals surface area (Å²) in [6.07, 6.45) is 5.67. The molecule has 0 radical (unpaired) electrons. The zero-order chi connectivity index (χ0) is 21.4. The molecule has 31 heavy (non-hydrogen) atoms. The third-order valence-electron chi connectivity index (χ3n) is 6.22. The second kappa shape index (κ2) is 8.11. The molecule has 1 unspecified atom stereocenters. The number of aromatic nitrogens is 3. The van der Waals surface area contributed by atoms with Crippen molar-refractivity contribution in [1.29, 1.82) is 0 Å². The SMILES string of the molecule is Cc1ncc2c(c1CNC(=O)c1ccc3nc[nH]c3c1)CCN(C(=O)C1CCCO1)C2. The third-order valence-corrected chi connectivity index (χ3v) is 6.22. The molecule has 2 amide bonds. The molecule has 0 bridgehead atoms. The highest BCUT2D eigenvalue weighted by Gasteiger charge is 2.31. The number of imidazole rings is 1. The number of H-pyrrole nitrogens is 1. The maximum atomic E-state index is 12.7. The van der Waals surface area contributed by atoms with E-state index in [1.165, 1.54) is 5.56 Å². The Labute approximate surface area is 180 Å². The standard InChI is InChI=1S/C23H25N5O3/c1-14-18(11-25-22(29)15-4-5-19-20(9-15)27-13-26-19)17-6-7-28(12-16(17)10-24-14)23(30)21-3-2-8-31-21/h4-5,9-10,13,21H,2-3,6-8,11-12H2,1H3,(H,25,29)(H,26,27). The van der Waals surface area contributed by atoms with E-state index in [2.05, 4.69) is 20.3 Å². The summed E-state index contributed by atoms with van der Waals surface area (Å²) in [4.78, 5) is 39.1. The fourth-order valence-electron chi connectivity index (χ4n) is 4.47. The summed E-state index contributed by atoms with van der Waals surface area (Å²) >= 11 is 0. The summed E-state index contributed by atoms with van der Waals surface area (Å²) < 4.78 is 5.57. The van der Waals surface area contributed by atoms with Crippen LogP contribution in [0.25, 0.3) is 11.0 Å². The minimum atomic E-state index is -0.300. The van der Waals surface area contributed by atoms with Gasteiger partial charge >= 0.3 is 0 Å². The predicted octanol–water partition coefficient (Wildman–Crippen LogP) is 2.26. The van der Waals surface area contributed by atoms with Gasteiger partial charge in [0.05, 0.1) is 17.4 Å². The molecule has 2 N–H and O–H groups in total. The summed E-state index contributed by atoms with van der Waals surface area (Å²) in [6, 6.07) is 5.41. The summed E-state index contributed by atoms with van der Waals surface area (Å²) in [5.74, 6) is -0.0627. The minimum Gasteiger partial charge on any atom is -0.368 e. The Morgan fingerprint density at radius 1 is 1.32 bits per heavy atom. The number of hydrogen-bond acceptors (Lipinski definition) is 5. The van der Waals surface area contributed by atoms with Crippen LogP contribution >= 0.6 is 0 Å². The number of pyridine rings is 1. The van der Waals surface area contributed by atoms with Gasteiger partial charge in [-0.25, -0.2) is 4.98 Å². The number of amides is 2. The van der Waals surface area contributed by atoms with Crippen LogP contribution in [0.1, 0.15) is 45.6 Å². The predicted molar refractivity (Wildman–Crippen MR) is 114 cm³/mol. The largest absolute Gasteiger partial charge is 0.368 e. The molecule has 8 nitrogen and oxygen atoms in total. The molecule has 0 saturated carbocycles. The van der Waals surface area contributed by atoms with Gasteiger partial charge < -0.3 is 19.9 Å². The van der Waals surface area contributed by atoms with Crippen molar-refractivity contribution in [3.63, 3.8) is 0 Å². The lowest BCUT2D eigenvalue weighted by Crippen LogP contribution is -2.42. The zero-order valence-corrected chi connectivity index (χ0v) is 17.5. The first-order valence-electron chi connectivity index (χ1n) is 10.7. The number of benzene rings is 1. The van der Waals surface area contributed by atoms with Gasteiger partial charge in [0.25, 0.3) is 11.8 Å². The Hall–Kier alpha value is -3.26. The Bertz CT molecular complexity index is 1150. The van der Waals surface area contributed by atoms with Gasteiger partial charge in [0.15, 0.2) is 0 Å². The molecule has 2 aromatic heterocycles. The van der Waals surface area contributed by atoms with Crippen LogP contribution < -0.4 is 5.32 Å². The van der Waals surface area contributed by atoms with Gasteiger partial charge in [-0.1, -0.05) is 0 Å². The fraction of sp³-hybridized carbons (Fsp3) is 0.391. The van der Waals surface area contributed by atoms with E-state index in [1.807, 2.05) is 24.1 Å². The number of ether oxygens (including phenoxy) is 1. The first-order valence-corrected chi connectivity index (χ1v) is 10.7. The molecule has 3 aromatic rings. The molecular formula is C23H25N5O3. The minimum absolute atomic E-state index is 0.0766. The molecule has 8 heteroatoms. The van der Waals surface area contributed by atoms with Gasteiger partial charge in [0, 0.05) is 43.7 Å². The summed E-state index contributed by atoms with van der Waals surface area (Å²) in [7, 11) is 0. The summed E-state index contributed by atoms with van der Waals surface area (Å²) in [5.41, 5.74) is 6.43. The first-order chi connectivity index (χ1) is 15.1. The molecule has 4 heterocycles. The van der Waals surface area contributed by atoms with Crippen LogP contribution in [0.5, 0.6) is 0 Å². The number of aromatic amines is 1. The number of carbonyl (C=O) groups is 2. The molecule has 0 aliphatic carbocycles. The Kier molecular flexibility index (Phi) is 5.15. The van der Waals surface area contributed by atoms with E-state index >= 15 is 0 Å². The van der Waals surface area contributed by atoms with Crippen molar-refractivity contribution in [3.05, 3.63) is 58.7 Å². The zero-order valence-electron chi connectivity index (χ0n) is 17.5. The number of aryl methyl sites for hydroxylation is 1. The van der Waals surface area contributed by atoms with E-state index in [0.29, 0.717) is 31.8 Å². The lowest BCUT2D eigenvalue weighted by Gasteiger charge is -2.32. The van der Waals surface area contributed by atoms with Crippen molar-refractivity contribution in [1.82, 2.24) is 25.2 Å². The molecular weight excluding hydrogens is 394 g/mol. The Morgan fingerprint density at radius 3 is 3.06 bits per heavy atom. The van der Waals surface area contributed by atoms with Crippen LogP contribution in [0.15, 0.2) is 30.7 Å². The Morgan fingerprint density at radius 2 is 2.23 bits per heavy atom. The van der Waals surface area contributed by atoms with Crippen molar-refractivity contribution in [2.24, 2.45) is 0 Å². The van der Waals surface area contributed by atoms with Gasteiger partial charge in [0.2, 0.25) is 0 Å². The maximum Gasteiger partial charge on any atom is 0.252 e. The molecule has 1 saturated heterocycles. The number of carbonyl (C=O) groups excluding carboxylic acids is 2. The van der Waals surface area contributed by atoms with Gasteiger partial charge in [-0.2, -0.15) is 0 Å². The number of nitrogens with one attached hydrogen (secondary N) is 2. The highest BCUT2D eigenvalue weighted by Crippen LogP contribution is 2.26. The van der Waals surface area contributed by atoms with Crippen molar-refractivity contribution in [3.8, 4) is 0 Å². The number of fused-ring (bicyclic) bond motifs is 2. The van der Waals surface area contributed by atoms with Crippen LogP contribution in [0.4, 0.5) is 0 Å². The van der Waals surface area contributed by atoms with E-state index in [1.54, 1.807) is 18.5 Å².